The SMILES string of the molecule is CCCCCCl.NS(=O)(=O)Cc1cccc([N+](=O)[O-])c1. The van der Waals surface area contributed by atoms with E-state index in [1.165, 1.54) is 43.5 Å². The van der Waals surface area contributed by atoms with Gasteiger partial charge in [-0.1, -0.05) is 31.9 Å². The van der Waals surface area contributed by atoms with Crippen LogP contribution in [0.2, 0.25) is 0 Å². The van der Waals surface area contributed by atoms with Gasteiger partial charge in [0.05, 0.1) is 10.7 Å². The summed E-state index contributed by atoms with van der Waals surface area (Å²) in [6.45, 7) is 2.17. The van der Waals surface area contributed by atoms with Crippen molar-refractivity contribution in [3.8, 4) is 0 Å². The van der Waals surface area contributed by atoms with Crippen LogP contribution in [-0.4, -0.2) is 19.2 Å². The van der Waals surface area contributed by atoms with Crippen molar-refractivity contribution < 1.29 is 13.3 Å². The van der Waals surface area contributed by atoms with Gasteiger partial charge in [-0.05, 0) is 12.0 Å². The minimum absolute atomic E-state index is 0.147. The van der Waals surface area contributed by atoms with Gasteiger partial charge >= 0.3 is 0 Å². The molecule has 0 radical (unpaired) electrons. The maximum Gasteiger partial charge on any atom is 0.269 e. The van der Waals surface area contributed by atoms with Crippen molar-refractivity contribution in [3.05, 3.63) is 39.9 Å². The van der Waals surface area contributed by atoms with Crippen LogP contribution in [0.5, 0.6) is 0 Å². The first-order chi connectivity index (χ1) is 9.30. The Bertz CT molecular complexity index is 516. The normalized spacial score (nSPS) is 10.6. The highest BCUT2D eigenvalue weighted by atomic mass is 35.5. The number of sulfonamides is 1. The first-order valence-corrected chi connectivity index (χ1v) is 8.35. The lowest BCUT2D eigenvalue weighted by Crippen LogP contribution is -2.14. The Labute approximate surface area is 124 Å². The number of non-ortho nitro benzene ring substituents is 1. The summed E-state index contributed by atoms with van der Waals surface area (Å²) in [4.78, 5) is 9.75. The zero-order chi connectivity index (χ0) is 15.6. The Balaban J connectivity index is 0.000000511. The molecular formula is C12H19ClN2O4S. The predicted octanol–water partition coefficient (Wildman–Crippen LogP) is 2.80. The molecule has 0 atom stereocenters. The van der Waals surface area contributed by atoms with Crippen molar-refractivity contribution in [3.63, 3.8) is 0 Å². The molecule has 0 bridgehead atoms. The van der Waals surface area contributed by atoms with Gasteiger partial charge in [0, 0.05) is 18.0 Å². The molecule has 1 rings (SSSR count). The maximum absolute atomic E-state index is 10.7. The monoisotopic (exact) mass is 322 g/mol. The van der Waals surface area contributed by atoms with E-state index in [9.17, 15) is 18.5 Å². The Hall–Kier alpha value is -1.18. The van der Waals surface area contributed by atoms with E-state index in [1.807, 2.05) is 0 Å². The van der Waals surface area contributed by atoms with Crippen LogP contribution in [-0.2, 0) is 15.8 Å². The molecule has 0 aliphatic carbocycles. The number of hydrogen-bond acceptors (Lipinski definition) is 4. The summed E-state index contributed by atoms with van der Waals surface area (Å²) in [7, 11) is -3.64. The molecule has 0 spiro atoms. The van der Waals surface area contributed by atoms with E-state index in [0.29, 0.717) is 5.56 Å². The number of nitro benzene ring substituents is 1. The fraction of sp³-hybridized carbons (Fsp3) is 0.500. The highest BCUT2D eigenvalue weighted by Crippen LogP contribution is 2.14. The zero-order valence-electron chi connectivity index (χ0n) is 11.3. The second-order valence-corrected chi connectivity index (χ2v) is 6.12. The average molecular weight is 323 g/mol. The summed E-state index contributed by atoms with van der Waals surface area (Å²) in [6.07, 6.45) is 3.73. The molecule has 0 saturated heterocycles. The van der Waals surface area contributed by atoms with Gasteiger partial charge in [0.2, 0.25) is 10.0 Å². The van der Waals surface area contributed by atoms with E-state index in [0.717, 1.165) is 5.88 Å². The van der Waals surface area contributed by atoms with Crippen LogP contribution in [0.4, 0.5) is 5.69 Å². The van der Waals surface area contributed by atoms with E-state index in [4.69, 9.17) is 16.7 Å². The van der Waals surface area contributed by atoms with Crippen molar-refractivity contribution in [1.29, 1.82) is 0 Å². The second kappa shape index (κ2) is 9.68. The van der Waals surface area contributed by atoms with Crippen LogP contribution in [0.1, 0.15) is 31.7 Å². The molecule has 20 heavy (non-hydrogen) atoms. The number of unbranched alkanes of at least 4 members (excludes halogenated alkanes) is 2. The molecular weight excluding hydrogens is 304 g/mol. The van der Waals surface area contributed by atoms with Gasteiger partial charge in [-0.15, -0.1) is 11.6 Å². The summed E-state index contributed by atoms with van der Waals surface area (Å²) in [6, 6.07) is 5.35. The number of halogens is 1. The van der Waals surface area contributed by atoms with E-state index >= 15 is 0 Å². The summed E-state index contributed by atoms with van der Waals surface area (Å²) >= 11 is 5.38. The molecule has 6 nitrogen and oxygen atoms in total. The standard InChI is InChI=1S/C7H8N2O4S.C5H11Cl/c8-14(12,13)5-6-2-1-3-7(4-6)9(10)11;1-2-3-4-5-6/h1-4H,5H2,(H2,8,12,13);2-5H2,1H3. The highest BCUT2D eigenvalue weighted by molar-refractivity contribution is 7.88. The molecule has 0 aromatic heterocycles. The van der Waals surface area contributed by atoms with Crippen LogP contribution in [0, 0.1) is 10.1 Å². The molecule has 114 valence electrons. The number of nitro groups is 1. The number of hydrogen-bond donors (Lipinski definition) is 1. The molecule has 0 amide bonds. The largest absolute Gasteiger partial charge is 0.269 e. The number of nitrogens with two attached hydrogens (primary N) is 1. The summed E-state index contributed by atoms with van der Waals surface area (Å²) in [5.74, 6) is 0.433. The Morgan fingerprint density at radius 1 is 1.35 bits per heavy atom. The third-order valence-corrected chi connectivity index (χ3v) is 3.23. The molecule has 0 saturated carbocycles. The number of alkyl halides is 1. The Morgan fingerprint density at radius 2 is 2.00 bits per heavy atom. The third kappa shape index (κ3) is 9.71. The van der Waals surface area contributed by atoms with E-state index < -0.39 is 20.7 Å². The minimum atomic E-state index is -3.64. The smallest absolute Gasteiger partial charge is 0.258 e. The highest BCUT2D eigenvalue weighted by Gasteiger charge is 2.09. The molecule has 2 N–H and O–H groups in total. The molecule has 0 heterocycles. The molecule has 0 unspecified atom stereocenters. The molecule has 8 heteroatoms. The van der Waals surface area contributed by atoms with Gasteiger partial charge in [-0.3, -0.25) is 10.1 Å². The van der Waals surface area contributed by atoms with E-state index in [2.05, 4.69) is 6.92 Å². The fourth-order valence-corrected chi connectivity index (χ4v) is 2.17. The van der Waals surface area contributed by atoms with E-state index in [1.54, 1.807) is 0 Å². The lowest BCUT2D eigenvalue weighted by atomic mass is 10.2. The summed E-state index contributed by atoms with van der Waals surface area (Å²) in [5.41, 5.74) is 0.160. The van der Waals surface area contributed by atoms with Crippen LogP contribution < -0.4 is 5.14 Å². The predicted molar refractivity (Wildman–Crippen MR) is 80.2 cm³/mol. The van der Waals surface area contributed by atoms with Crippen molar-refractivity contribution in [2.24, 2.45) is 5.14 Å². The summed E-state index contributed by atoms with van der Waals surface area (Å²) < 4.78 is 21.4. The minimum Gasteiger partial charge on any atom is -0.258 e. The Morgan fingerprint density at radius 3 is 2.40 bits per heavy atom. The lowest BCUT2D eigenvalue weighted by Gasteiger charge is -1.98. The van der Waals surface area contributed by atoms with Crippen LogP contribution in [0.25, 0.3) is 0 Å². The van der Waals surface area contributed by atoms with Crippen LogP contribution >= 0.6 is 11.6 Å². The molecule has 0 aliphatic rings. The second-order valence-electron chi connectivity index (χ2n) is 4.13. The van der Waals surface area contributed by atoms with E-state index in [-0.39, 0.29) is 5.69 Å². The summed E-state index contributed by atoms with van der Waals surface area (Å²) in [5, 5.41) is 15.1. The lowest BCUT2D eigenvalue weighted by molar-refractivity contribution is -0.384. The molecule has 0 fully saturated rings. The van der Waals surface area contributed by atoms with Crippen molar-refractivity contribution in [2.75, 3.05) is 5.88 Å². The number of benzene rings is 1. The number of primary sulfonamides is 1. The third-order valence-electron chi connectivity index (χ3n) is 2.23. The average Bonchev–Trinajstić information content (AvgIpc) is 2.35. The first kappa shape index (κ1) is 18.8. The van der Waals surface area contributed by atoms with Gasteiger partial charge in [-0.25, -0.2) is 13.6 Å². The van der Waals surface area contributed by atoms with Gasteiger partial charge in [0.1, 0.15) is 0 Å². The fourth-order valence-electron chi connectivity index (χ4n) is 1.34. The van der Waals surface area contributed by atoms with Crippen molar-refractivity contribution in [2.45, 2.75) is 31.9 Å². The van der Waals surface area contributed by atoms with Gasteiger partial charge in [0.25, 0.3) is 5.69 Å². The van der Waals surface area contributed by atoms with Crippen molar-refractivity contribution >= 4 is 27.3 Å². The van der Waals surface area contributed by atoms with Crippen molar-refractivity contribution in [1.82, 2.24) is 0 Å². The van der Waals surface area contributed by atoms with Gasteiger partial charge < -0.3 is 0 Å². The van der Waals surface area contributed by atoms with Gasteiger partial charge in [0.15, 0.2) is 0 Å². The van der Waals surface area contributed by atoms with Crippen LogP contribution in [0.15, 0.2) is 24.3 Å². The molecule has 0 aliphatic heterocycles. The maximum atomic E-state index is 10.7. The zero-order valence-corrected chi connectivity index (χ0v) is 12.9. The quantitative estimate of drug-likeness (QED) is 0.376. The Kier molecular flexibility index (Phi) is 9.11. The van der Waals surface area contributed by atoms with Crippen LogP contribution in [0.3, 0.4) is 0 Å². The molecule has 1 aromatic rings. The van der Waals surface area contributed by atoms with Gasteiger partial charge in [-0.2, -0.15) is 0 Å². The molecule has 1 aromatic carbocycles. The topological polar surface area (TPSA) is 103 Å². The number of rotatable bonds is 6. The first-order valence-electron chi connectivity index (χ1n) is 6.10. The number of nitrogens with zero attached hydrogens (tertiary/aromatic N) is 1.